The number of ketones is 1. The number of aliphatic hydroxyl groups is 1. The average molecular weight is 459 g/mol. The molecule has 10 atom stereocenters. The monoisotopic (exact) mass is 458 g/mol. The van der Waals surface area contributed by atoms with Crippen LogP contribution in [0.5, 0.6) is 0 Å². The topological polar surface area (TPSA) is 63.6 Å². The molecule has 5 unspecified atom stereocenters. The van der Waals surface area contributed by atoms with Crippen LogP contribution in [0.3, 0.4) is 0 Å². The standard InChI is InChI=1S/C29H46O4/c1-17(30)18-9-15-29(25(32)33-6)16-10-20-19(24(18)29)7-8-22-27(20,4)13-11-21-26(2,3)23(31)12-14-28(21,22)5/h18-24,31H,7-16H2,1-6H3/t18-,19?,20?,21?,22?,23-,24?,27-,28-,29-/m0/s1. The Morgan fingerprint density at radius 2 is 1.48 bits per heavy atom. The normalized spacial score (nSPS) is 52.6. The van der Waals surface area contributed by atoms with Crippen molar-refractivity contribution in [1.82, 2.24) is 0 Å². The summed E-state index contributed by atoms with van der Waals surface area (Å²) in [5, 5.41) is 10.8. The maximum Gasteiger partial charge on any atom is 0.312 e. The molecule has 4 nitrogen and oxygen atoms in total. The lowest BCUT2D eigenvalue weighted by molar-refractivity contribution is -0.218. The van der Waals surface area contributed by atoms with E-state index in [0.717, 1.165) is 44.9 Å². The lowest BCUT2D eigenvalue weighted by atomic mass is 9.36. The summed E-state index contributed by atoms with van der Waals surface area (Å²) in [6.07, 6.45) is 10.3. The van der Waals surface area contributed by atoms with Crippen LogP contribution in [0.25, 0.3) is 0 Å². The molecule has 0 spiro atoms. The fourth-order valence-electron chi connectivity index (χ4n) is 11.3. The lowest BCUT2D eigenvalue weighted by Crippen LogP contribution is -2.63. The van der Waals surface area contributed by atoms with Crippen LogP contribution in [0.2, 0.25) is 0 Å². The average Bonchev–Trinajstić information content (AvgIpc) is 3.17. The number of Topliss-reactive ketones (excluding diaryl/α,β-unsaturated/α-hetero) is 1. The molecule has 0 bridgehead atoms. The molecule has 186 valence electrons. The molecule has 0 radical (unpaired) electrons. The zero-order chi connectivity index (χ0) is 24.0. The SMILES string of the molecule is COC(=O)[C@@]12CCC3C(CCC4[C@@]3(C)CCC3C(C)(C)[C@@H](O)CC[C@@]34C)C1[C@H](C(C)=O)CC2. The molecule has 1 N–H and O–H groups in total. The van der Waals surface area contributed by atoms with Gasteiger partial charge in [0.1, 0.15) is 5.78 Å². The van der Waals surface area contributed by atoms with E-state index in [0.29, 0.717) is 23.7 Å². The third kappa shape index (κ3) is 2.97. The fourth-order valence-corrected chi connectivity index (χ4v) is 11.3. The van der Waals surface area contributed by atoms with Crippen molar-refractivity contribution in [3.8, 4) is 0 Å². The molecule has 0 aromatic carbocycles. The molecule has 5 rings (SSSR count). The maximum absolute atomic E-state index is 13.2. The molecule has 4 heteroatoms. The van der Waals surface area contributed by atoms with E-state index in [1.54, 1.807) is 6.92 Å². The van der Waals surface area contributed by atoms with Crippen LogP contribution >= 0.6 is 0 Å². The Balaban J connectivity index is 1.51. The fraction of sp³-hybridized carbons (Fsp3) is 0.931. The summed E-state index contributed by atoms with van der Waals surface area (Å²) in [5.74, 6) is 2.68. The van der Waals surface area contributed by atoms with E-state index in [2.05, 4.69) is 27.7 Å². The van der Waals surface area contributed by atoms with Gasteiger partial charge in [0.25, 0.3) is 0 Å². The second kappa shape index (κ2) is 7.55. The first-order valence-corrected chi connectivity index (χ1v) is 13.7. The second-order valence-electron chi connectivity index (χ2n) is 13.8. The van der Waals surface area contributed by atoms with Gasteiger partial charge in [-0.3, -0.25) is 9.59 Å². The smallest absolute Gasteiger partial charge is 0.312 e. The van der Waals surface area contributed by atoms with Crippen LogP contribution in [0, 0.1) is 57.2 Å². The first kappa shape index (κ1) is 23.8. The Bertz CT molecular complexity index is 833. The summed E-state index contributed by atoms with van der Waals surface area (Å²) in [7, 11) is 1.53. The first-order chi connectivity index (χ1) is 15.4. The molecule has 0 amide bonds. The number of hydrogen-bond donors (Lipinski definition) is 1. The van der Waals surface area contributed by atoms with Gasteiger partial charge in [0.15, 0.2) is 0 Å². The van der Waals surface area contributed by atoms with Gasteiger partial charge in [0.05, 0.1) is 18.6 Å². The van der Waals surface area contributed by atoms with Gasteiger partial charge in [-0.25, -0.2) is 0 Å². The minimum atomic E-state index is -0.437. The van der Waals surface area contributed by atoms with E-state index < -0.39 is 5.41 Å². The summed E-state index contributed by atoms with van der Waals surface area (Å²) in [6, 6.07) is 0. The van der Waals surface area contributed by atoms with Gasteiger partial charge in [0, 0.05) is 5.92 Å². The molecule has 5 aliphatic rings. The highest BCUT2D eigenvalue weighted by atomic mass is 16.5. The number of carbonyl (C=O) groups is 2. The summed E-state index contributed by atoms with van der Waals surface area (Å²) in [5.41, 5.74) is 0.0719. The Morgan fingerprint density at radius 1 is 0.818 bits per heavy atom. The molecular weight excluding hydrogens is 412 g/mol. The van der Waals surface area contributed by atoms with Crippen LogP contribution in [-0.2, 0) is 14.3 Å². The Labute approximate surface area is 200 Å². The van der Waals surface area contributed by atoms with Gasteiger partial charge in [-0.15, -0.1) is 0 Å². The van der Waals surface area contributed by atoms with Crippen LogP contribution in [-0.4, -0.2) is 30.1 Å². The summed E-state index contributed by atoms with van der Waals surface area (Å²) in [4.78, 5) is 25.9. The summed E-state index contributed by atoms with van der Waals surface area (Å²) in [6.45, 7) is 11.5. The highest BCUT2D eigenvalue weighted by molar-refractivity contribution is 5.84. The molecule has 5 saturated carbocycles. The summed E-state index contributed by atoms with van der Waals surface area (Å²) >= 11 is 0. The lowest BCUT2D eigenvalue weighted by Gasteiger charge is -2.69. The minimum absolute atomic E-state index is 0.0211. The second-order valence-corrected chi connectivity index (χ2v) is 13.8. The number of ether oxygens (including phenoxy) is 1. The van der Waals surface area contributed by atoms with E-state index in [1.165, 1.54) is 26.4 Å². The molecule has 0 aromatic rings. The number of aliphatic hydroxyl groups excluding tert-OH is 1. The minimum Gasteiger partial charge on any atom is -0.469 e. The quantitative estimate of drug-likeness (QED) is 0.531. The van der Waals surface area contributed by atoms with Crippen LogP contribution in [0.4, 0.5) is 0 Å². The highest BCUT2D eigenvalue weighted by Gasteiger charge is 2.68. The zero-order valence-electron chi connectivity index (χ0n) is 21.8. The molecule has 5 fully saturated rings. The van der Waals surface area contributed by atoms with E-state index in [1.807, 2.05) is 0 Å². The van der Waals surface area contributed by atoms with Crippen LogP contribution in [0.1, 0.15) is 98.8 Å². The van der Waals surface area contributed by atoms with Crippen molar-refractivity contribution in [2.24, 2.45) is 57.2 Å². The van der Waals surface area contributed by atoms with Crippen molar-refractivity contribution in [2.75, 3.05) is 7.11 Å². The number of fused-ring (bicyclic) bond motifs is 7. The van der Waals surface area contributed by atoms with Gasteiger partial charge < -0.3 is 9.84 Å². The van der Waals surface area contributed by atoms with Gasteiger partial charge in [0.2, 0.25) is 0 Å². The summed E-state index contributed by atoms with van der Waals surface area (Å²) < 4.78 is 5.38. The van der Waals surface area contributed by atoms with E-state index in [9.17, 15) is 14.7 Å². The van der Waals surface area contributed by atoms with Gasteiger partial charge in [-0.05, 0) is 117 Å². The molecule has 0 aromatic heterocycles. The number of methoxy groups -OCH3 is 1. The Morgan fingerprint density at radius 3 is 2.15 bits per heavy atom. The zero-order valence-corrected chi connectivity index (χ0v) is 21.8. The molecule has 0 saturated heterocycles. The highest BCUT2D eigenvalue weighted by Crippen LogP contribution is 2.73. The third-order valence-electron chi connectivity index (χ3n) is 12.7. The van der Waals surface area contributed by atoms with Gasteiger partial charge >= 0.3 is 5.97 Å². The van der Waals surface area contributed by atoms with Crippen LogP contribution in [0.15, 0.2) is 0 Å². The predicted molar refractivity (Wildman–Crippen MR) is 128 cm³/mol. The largest absolute Gasteiger partial charge is 0.469 e. The van der Waals surface area contributed by atoms with E-state index in [4.69, 9.17) is 4.74 Å². The van der Waals surface area contributed by atoms with E-state index in [-0.39, 0.29) is 45.9 Å². The molecule has 0 aliphatic heterocycles. The molecule has 0 heterocycles. The molecule has 5 aliphatic carbocycles. The van der Waals surface area contributed by atoms with Crippen molar-refractivity contribution >= 4 is 11.8 Å². The Kier molecular flexibility index (Phi) is 5.45. The number of rotatable bonds is 2. The van der Waals surface area contributed by atoms with Gasteiger partial charge in [-0.1, -0.05) is 27.7 Å². The first-order valence-electron chi connectivity index (χ1n) is 13.7. The number of esters is 1. The van der Waals surface area contributed by atoms with Crippen LogP contribution < -0.4 is 0 Å². The number of hydrogen-bond acceptors (Lipinski definition) is 4. The van der Waals surface area contributed by atoms with Crippen molar-refractivity contribution in [1.29, 1.82) is 0 Å². The van der Waals surface area contributed by atoms with Crippen molar-refractivity contribution in [2.45, 2.75) is 105 Å². The van der Waals surface area contributed by atoms with E-state index >= 15 is 0 Å². The number of carbonyl (C=O) groups excluding carboxylic acids is 2. The maximum atomic E-state index is 13.2. The Hall–Kier alpha value is -0.900. The van der Waals surface area contributed by atoms with Gasteiger partial charge in [-0.2, -0.15) is 0 Å². The third-order valence-corrected chi connectivity index (χ3v) is 12.7. The van der Waals surface area contributed by atoms with Crippen molar-refractivity contribution in [3.63, 3.8) is 0 Å². The van der Waals surface area contributed by atoms with Crippen molar-refractivity contribution in [3.05, 3.63) is 0 Å². The predicted octanol–water partition coefficient (Wildman–Crippen LogP) is 5.80. The molecular formula is C29H46O4. The molecule has 33 heavy (non-hydrogen) atoms. The van der Waals surface area contributed by atoms with Crippen molar-refractivity contribution < 1.29 is 19.4 Å².